The van der Waals surface area contributed by atoms with Crippen molar-refractivity contribution in [3.63, 3.8) is 0 Å². The Labute approximate surface area is 314 Å². The number of Topliss-reactive ketones (excluding diaryl/α,β-unsaturated/α-hetero) is 1. The van der Waals surface area contributed by atoms with Gasteiger partial charge in [-0.25, -0.2) is 17.6 Å². The molecule has 0 aromatic carbocycles. The highest BCUT2D eigenvalue weighted by atomic mass is 32.2. The second-order valence-electron chi connectivity index (χ2n) is 18.7. The van der Waals surface area contributed by atoms with Crippen molar-refractivity contribution in [2.24, 2.45) is 28.6 Å². The maximum Gasteiger partial charge on any atom is 0.315 e. The van der Waals surface area contributed by atoms with Gasteiger partial charge in [0.15, 0.2) is 9.84 Å². The maximum atomic E-state index is 14.9. The molecule has 1 heterocycles. The molecular formula is C39H62FN5O7S. The summed E-state index contributed by atoms with van der Waals surface area (Å²) in [7, 11) is -3.59. The third-order valence-corrected chi connectivity index (χ3v) is 15.9. The lowest BCUT2D eigenvalue weighted by Gasteiger charge is -2.44. The van der Waals surface area contributed by atoms with E-state index in [1.807, 2.05) is 6.92 Å². The minimum absolute atomic E-state index is 0.0281. The van der Waals surface area contributed by atoms with Crippen LogP contribution in [-0.4, -0.2) is 90.1 Å². The number of nitrogens with zero attached hydrogens (tertiary/aromatic N) is 1. The number of fused-ring (bicyclic) bond motifs is 1. The van der Waals surface area contributed by atoms with Gasteiger partial charge in [0.2, 0.25) is 17.6 Å². The molecule has 0 aromatic heterocycles. The molecule has 1 saturated heterocycles. The quantitative estimate of drug-likeness (QED) is 0.189. The van der Waals surface area contributed by atoms with Gasteiger partial charge in [-0.1, -0.05) is 78.7 Å². The van der Waals surface area contributed by atoms with E-state index in [1.165, 1.54) is 0 Å². The van der Waals surface area contributed by atoms with Crippen LogP contribution in [0.15, 0.2) is 12.4 Å². The molecule has 5 fully saturated rings. The van der Waals surface area contributed by atoms with Crippen LogP contribution in [0.1, 0.15) is 125 Å². The number of halogens is 1. The fraction of sp³-hybridized carbons (Fsp3) is 0.821. The van der Waals surface area contributed by atoms with Crippen molar-refractivity contribution in [1.82, 2.24) is 26.2 Å². The number of nitrogens with one attached hydrogen (secondary N) is 4. The zero-order chi connectivity index (χ0) is 39.1. The highest BCUT2D eigenvalue weighted by molar-refractivity contribution is 7.92. The molecule has 5 atom stereocenters. The van der Waals surface area contributed by atoms with E-state index in [4.69, 9.17) is 0 Å². The molecule has 53 heavy (non-hydrogen) atoms. The van der Waals surface area contributed by atoms with Crippen LogP contribution in [0.5, 0.6) is 0 Å². The molecule has 5 aliphatic rings. The van der Waals surface area contributed by atoms with E-state index in [2.05, 4.69) is 41.7 Å². The first-order valence-corrected chi connectivity index (χ1v) is 21.3. The fourth-order valence-electron chi connectivity index (χ4n) is 9.28. The van der Waals surface area contributed by atoms with Gasteiger partial charge in [-0.2, -0.15) is 0 Å². The summed E-state index contributed by atoms with van der Waals surface area (Å²) in [5.74, 6) is -3.77. The van der Waals surface area contributed by atoms with Gasteiger partial charge in [-0.05, 0) is 81.5 Å². The molecule has 0 bridgehead atoms. The summed E-state index contributed by atoms with van der Waals surface area (Å²) in [6, 6.07) is -3.63. The van der Waals surface area contributed by atoms with E-state index in [9.17, 15) is 36.8 Å². The average Bonchev–Trinajstić information content (AvgIpc) is 3.92. The molecular weight excluding hydrogens is 702 g/mol. The minimum Gasteiger partial charge on any atom is -0.344 e. The standard InChI is InChI=1S/C39H62FN5O7S/c1-24(40)21-41-33(48)30(46)27(20-25-14-15-25)42-32(47)29-28-26(37(28,5)6)22-45(29)34(49)31(38(7)16-10-8-11-17-38)43-35(50)44-39(18-12-9-13-19-39)23-53(51,52)36(2,3)4/h25-29,31H,1,8-23H2,2-7H3,(H,41,48)(H,42,47)(H2,43,44,50)/t26-,27?,28-,29-,31+/m0/s1. The van der Waals surface area contributed by atoms with Crippen molar-refractivity contribution >= 4 is 39.4 Å². The molecule has 0 radical (unpaired) electrons. The van der Waals surface area contributed by atoms with Crippen LogP contribution in [0.2, 0.25) is 0 Å². The Morgan fingerprint density at radius 3 is 2.04 bits per heavy atom. The van der Waals surface area contributed by atoms with E-state index in [0.29, 0.717) is 32.2 Å². The van der Waals surface area contributed by atoms with Crippen LogP contribution in [0.3, 0.4) is 0 Å². The third-order valence-electron chi connectivity index (χ3n) is 13.1. The van der Waals surface area contributed by atoms with Crippen LogP contribution in [-0.2, 0) is 29.0 Å². The molecule has 0 aromatic rings. The second kappa shape index (κ2) is 15.2. The molecule has 5 amide bonds. The molecule has 0 spiro atoms. The van der Waals surface area contributed by atoms with Crippen molar-refractivity contribution in [2.75, 3.05) is 18.8 Å². The van der Waals surface area contributed by atoms with Crippen molar-refractivity contribution in [2.45, 2.75) is 153 Å². The Balaban J connectivity index is 1.39. The van der Waals surface area contributed by atoms with Crippen molar-refractivity contribution < 1.29 is 36.8 Å². The second-order valence-corrected chi connectivity index (χ2v) is 21.4. The van der Waals surface area contributed by atoms with Gasteiger partial charge >= 0.3 is 6.03 Å². The third kappa shape index (κ3) is 9.10. The number of carbonyl (C=O) groups is 5. The first kappa shape index (κ1) is 41.1. The predicted molar refractivity (Wildman–Crippen MR) is 200 cm³/mol. The molecule has 4 saturated carbocycles. The number of ketones is 1. The van der Waals surface area contributed by atoms with E-state index in [-0.39, 0.29) is 41.2 Å². The van der Waals surface area contributed by atoms with Gasteiger partial charge in [0.25, 0.3) is 5.91 Å². The van der Waals surface area contributed by atoms with Gasteiger partial charge in [0.05, 0.1) is 28.6 Å². The molecule has 12 nitrogen and oxygen atoms in total. The number of carbonyl (C=O) groups excluding carboxylic acids is 5. The van der Waals surface area contributed by atoms with Gasteiger partial charge < -0.3 is 26.2 Å². The Morgan fingerprint density at radius 2 is 1.49 bits per heavy atom. The molecule has 1 unspecified atom stereocenters. The highest BCUT2D eigenvalue weighted by Crippen LogP contribution is 2.65. The number of hydrogen-bond acceptors (Lipinski definition) is 7. The summed E-state index contributed by atoms with van der Waals surface area (Å²) in [6.07, 6.45) is 9.67. The van der Waals surface area contributed by atoms with Gasteiger partial charge in [-0.3, -0.25) is 19.2 Å². The summed E-state index contributed by atoms with van der Waals surface area (Å²) >= 11 is 0. The van der Waals surface area contributed by atoms with E-state index >= 15 is 0 Å². The summed E-state index contributed by atoms with van der Waals surface area (Å²) in [4.78, 5) is 70.8. The van der Waals surface area contributed by atoms with Gasteiger partial charge in [-0.15, -0.1) is 0 Å². The maximum absolute atomic E-state index is 14.9. The number of likely N-dealkylation sites (tertiary alicyclic amines) is 1. The number of rotatable bonds is 14. The lowest BCUT2D eigenvalue weighted by Crippen LogP contribution is -2.65. The number of urea groups is 1. The van der Waals surface area contributed by atoms with Crippen molar-refractivity contribution in [3.8, 4) is 0 Å². The topological polar surface area (TPSA) is 171 Å². The Kier molecular flexibility index (Phi) is 11.8. The van der Waals surface area contributed by atoms with Crippen LogP contribution >= 0.6 is 0 Å². The first-order valence-electron chi connectivity index (χ1n) is 19.7. The van der Waals surface area contributed by atoms with Gasteiger partial charge in [0, 0.05) is 6.54 Å². The monoisotopic (exact) mass is 763 g/mol. The summed E-state index contributed by atoms with van der Waals surface area (Å²) in [5.41, 5.74) is -1.82. The Bertz CT molecular complexity index is 1570. The van der Waals surface area contributed by atoms with Crippen LogP contribution < -0.4 is 21.3 Å². The lowest BCUT2D eigenvalue weighted by atomic mass is 9.70. The van der Waals surface area contributed by atoms with E-state index in [0.717, 1.165) is 51.4 Å². The highest BCUT2D eigenvalue weighted by Gasteiger charge is 2.70. The van der Waals surface area contributed by atoms with Crippen LogP contribution in [0.25, 0.3) is 0 Å². The molecule has 4 N–H and O–H groups in total. The SMILES string of the molecule is C=C(F)CNC(=O)C(=O)C(CC1CC1)NC(=O)[C@@H]1[C@@H]2[C@H](CN1C(=O)[C@@H](NC(=O)NC1(CS(=O)(=O)C(C)(C)C)CCCCC1)C1(C)CCCCC1)C2(C)C. The van der Waals surface area contributed by atoms with Crippen LogP contribution in [0, 0.1) is 28.6 Å². The molecule has 1 aliphatic heterocycles. The van der Waals surface area contributed by atoms with Crippen LogP contribution in [0.4, 0.5) is 9.18 Å². The zero-order valence-electron chi connectivity index (χ0n) is 32.6. The van der Waals surface area contributed by atoms with Gasteiger partial charge in [0.1, 0.15) is 17.9 Å². The predicted octanol–water partition coefficient (Wildman–Crippen LogP) is 4.48. The Morgan fingerprint density at radius 1 is 0.906 bits per heavy atom. The number of amides is 5. The average molecular weight is 764 g/mol. The zero-order valence-corrected chi connectivity index (χ0v) is 33.4. The normalized spacial score (nSPS) is 27.0. The van der Waals surface area contributed by atoms with E-state index < -0.39 is 79.7 Å². The molecule has 298 valence electrons. The lowest BCUT2D eigenvalue weighted by molar-refractivity contribution is -0.146. The number of piperidine rings is 1. The fourth-order valence-corrected chi connectivity index (χ4v) is 10.8. The van der Waals surface area contributed by atoms with E-state index in [1.54, 1.807) is 25.7 Å². The van der Waals surface area contributed by atoms with Crippen molar-refractivity contribution in [1.29, 1.82) is 0 Å². The summed E-state index contributed by atoms with van der Waals surface area (Å²) in [5, 5.41) is 11.1. The largest absolute Gasteiger partial charge is 0.344 e. The minimum atomic E-state index is -3.59. The first-order chi connectivity index (χ1) is 24.6. The number of sulfone groups is 1. The molecule has 14 heteroatoms. The summed E-state index contributed by atoms with van der Waals surface area (Å²) < 4.78 is 39.2. The summed E-state index contributed by atoms with van der Waals surface area (Å²) in [6.45, 7) is 14.0. The van der Waals surface area contributed by atoms with Crippen molar-refractivity contribution in [3.05, 3.63) is 12.4 Å². The smallest absolute Gasteiger partial charge is 0.315 e. The number of hydrogen-bond donors (Lipinski definition) is 4. The molecule has 5 rings (SSSR count). The molecule has 4 aliphatic carbocycles. The Hall–Kier alpha value is -3.03.